The number of nitrogens with zero attached hydrogens (tertiary/aromatic N) is 4. The molecule has 0 bridgehead atoms. The molecule has 186 valence electrons. The number of guanidine groups is 1. The van der Waals surface area contributed by atoms with Crippen LogP contribution in [0.25, 0.3) is 0 Å². The summed E-state index contributed by atoms with van der Waals surface area (Å²) in [5, 5.41) is 3.54. The van der Waals surface area contributed by atoms with Gasteiger partial charge in [0.05, 0.1) is 45.3 Å². The zero-order valence-electron chi connectivity index (χ0n) is 20.1. The molecular formula is C25H36BrN5O3. The third-order valence-corrected chi connectivity index (χ3v) is 6.22. The third-order valence-electron chi connectivity index (χ3n) is 6.22. The minimum absolute atomic E-state index is 0. The molecule has 2 fully saturated rings. The lowest BCUT2D eigenvalue weighted by Gasteiger charge is -2.39. The van der Waals surface area contributed by atoms with Crippen LogP contribution in [0.1, 0.15) is 24.2 Å². The van der Waals surface area contributed by atoms with Crippen LogP contribution in [-0.4, -0.2) is 86.5 Å². The smallest absolute Gasteiger partial charge is 0.194 e. The van der Waals surface area contributed by atoms with Gasteiger partial charge in [-0.1, -0.05) is 18.2 Å². The average Bonchev–Trinajstić information content (AvgIpc) is 2.90. The lowest BCUT2D eigenvalue weighted by atomic mass is 10.1. The van der Waals surface area contributed by atoms with Gasteiger partial charge >= 0.3 is 0 Å². The fourth-order valence-corrected chi connectivity index (χ4v) is 4.16. The molecule has 2 saturated heterocycles. The summed E-state index contributed by atoms with van der Waals surface area (Å²) in [7, 11) is 1.68. The van der Waals surface area contributed by atoms with Crippen molar-refractivity contribution in [3.8, 4) is 5.75 Å². The van der Waals surface area contributed by atoms with Crippen molar-refractivity contribution in [1.29, 1.82) is 0 Å². The van der Waals surface area contributed by atoms with E-state index >= 15 is 0 Å². The number of pyridine rings is 1. The SMILES string of the molecule is Br.COc1ccc(CN=C(NCC2COCCO2)N2CCN(C(C)c3ccccn3)CC2)cc1. The number of hydrogen-bond donors (Lipinski definition) is 1. The van der Waals surface area contributed by atoms with Gasteiger partial charge < -0.3 is 24.4 Å². The summed E-state index contributed by atoms with van der Waals surface area (Å²) < 4.78 is 16.6. The van der Waals surface area contributed by atoms with Gasteiger partial charge in [-0.15, -0.1) is 17.0 Å². The monoisotopic (exact) mass is 533 g/mol. The molecule has 0 amide bonds. The number of halogens is 1. The van der Waals surface area contributed by atoms with Crippen LogP contribution >= 0.6 is 17.0 Å². The van der Waals surface area contributed by atoms with Crippen molar-refractivity contribution in [2.45, 2.75) is 25.6 Å². The topological polar surface area (TPSA) is 71.5 Å². The van der Waals surface area contributed by atoms with Gasteiger partial charge in [-0.05, 0) is 36.8 Å². The fraction of sp³-hybridized carbons (Fsp3) is 0.520. The van der Waals surface area contributed by atoms with Crippen LogP contribution in [0.15, 0.2) is 53.7 Å². The molecule has 8 nitrogen and oxygen atoms in total. The second-order valence-electron chi connectivity index (χ2n) is 8.39. The van der Waals surface area contributed by atoms with E-state index in [1.807, 2.05) is 24.4 Å². The highest BCUT2D eigenvalue weighted by atomic mass is 79.9. The average molecular weight is 534 g/mol. The third kappa shape index (κ3) is 7.40. The maximum Gasteiger partial charge on any atom is 0.194 e. The summed E-state index contributed by atoms with van der Waals surface area (Å²) in [5.74, 6) is 1.78. The van der Waals surface area contributed by atoms with Crippen molar-refractivity contribution in [2.24, 2.45) is 4.99 Å². The summed E-state index contributed by atoms with van der Waals surface area (Å²) >= 11 is 0. The lowest BCUT2D eigenvalue weighted by Crippen LogP contribution is -2.54. The number of benzene rings is 1. The highest BCUT2D eigenvalue weighted by Crippen LogP contribution is 2.20. The van der Waals surface area contributed by atoms with Crippen LogP contribution in [0.2, 0.25) is 0 Å². The molecule has 2 aromatic rings. The molecule has 3 heterocycles. The standard InChI is InChI=1S/C25H35N5O3.BrH/c1-20(24-5-3-4-10-26-24)29-11-13-30(14-12-29)25(28-18-23-19-32-15-16-33-23)27-17-21-6-8-22(31-2)9-7-21;/h3-10,20,23H,11-19H2,1-2H3,(H,27,28);1H. The minimum Gasteiger partial charge on any atom is -0.497 e. The van der Waals surface area contributed by atoms with Crippen LogP contribution in [-0.2, 0) is 16.0 Å². The Morgan fingerprint density at radius 2 is 1.94 bits per heavy atom. The molecule has 0 aliphatic carbocycles. The van der Waals surface area contributed by atoms with Gasteiger partial charge in [0.25, 0.3) is 0 Å². The van der Waals surface area contributed by atoms with E-state index in [1.165, 1.54) is 0 Å². The Morgan fingerprint density at radius 1 is 1.15 bits per heavy atom. The van der Waals surface area contributed by atoms with E-state index in [1.54, 1.807) is 7.11 Å². The van der Waals surface area contributed by atoms with Crippen molar-refractivity contribution in [1.82, 2.24) is 20.1 Å². The Hall–Kier alpha value is -2.20. The molecule has 2 unspecified atom stereocenters. The second-order valence-corrected chi connectivity index (χ2v) is 8.39. The zero-order valence-corrected chi connectivity index (χ0v) is 21.8. The minimum atomic E-state index is 0. The molecule has 9 heteroatoms. The van der Waals surface area contributed by atoms with Gasteiger partial charge in [0.2, 0.25) is 0 Å². The number of piperazine rings is 1. The first kappa shape index (κ1) is 26.4. The summed E-state index contributed by atoms with van der Waals surface area (Å²) in [6, 6.07) is 14.5. The first-order valence-electron chi connectivity index (χ1n) is 11.7. The van der Waals surface area contributed by atoms with E-state index in [2.05, 4.69) is 51.3 Å². The van der Waals surface area contributed by atoms with Crippen molar-refractivity contribution in [2.75, 3.05) is 59.7 Å². The molecular weight excluding hydrogens is 498 g/mol. The van der Waals surface area contributed by atoms with Gasteiger partial charge in [-0.3, -0.25) is 9.88 Å². The van der Waals surface area contributed by atoms with Crippen LogP contribution in [0.4, 0.5) is 0 Å². The summed E-state index contributed by atoms with van der Waals surface area (Å²) in [5.41, 5.74) is 2.27. The number of rotatable bonds is 7. The summed E-state index contributed by atoms with van der Waals surface area (Å²) in [6.07, 6.45) is 1.92. The normalized spacial score (nSPS) is 20.4. The quantitative estimate of drug-likeness (QED) is 0.433. The second kappa shape index (κ2) is 13.6. The molecule has 0 radical (unpaired) electrons. The maximum atomic E-state index is 5.81. The highest BCUT2D eigenvalue weighted by Gasteiger charge is 2.25. The van der Waals surface area contributed by atoms with E-state index < -0.39 is 0 Å². The Bertz CT molecular complexity index is 870. The number of aliphatic imine (C=N–C) groups is 1. The molecule has 1 N–H and O–H groups in total. The number of ether oxygens (including phenoxy) is 3. The molecule has 2 aliphatic heterocycles. The Balaban J connectivity index is 0.00000324. The fourth-order valence-electron chi connectivity index (χ4n) is 4.16. The van der Waals surface area contributed by atoms with Crippen molar-refractivity contribution in [3.63, 3.8) is 0 Å². The van der Waals surface area contributed by atoms with Gasteiger partial charge in [0, 0.05) is 45.0 Å². The van der Waals surface area contributed by atoms with E-state index in [0.717, 1.165) is 49.1 Å². The molecule has 1 aromatic heterocycles. The molecule has 0 saturated carbocycles. The van der Waals surface area contributed by atoms with Crippen molar-refractivity contribution < 1.29 is 14.2 Å². The number of hydrogen-bond acceptors (Lipinski definition) is 6. The number of aromatic nitrogens is 1. The van der Waals surface area contributed by atoms with Gasteiger partial charge in [0.1, 0.15) is 5.75 Å². The molecule has 2 atom stereocenters. The largest absolute Gasteiger partial charge is 0.497 e. The molecule has 1 aromatic carbocycles. The van der Waals surface area contributed by atoms with Gasteiger partial charge in [-0.2, -0.15) is 0 Å². The first-order valence-corrected chi connectivity index (χ1v) is 11.7. The molecule has 0 spiro atoms. The van der Waals surface area contributed by atoms with Crippen LogP contribution in [0.5, 0.6) is 5.75 Å². The number of nitrogens with one attached hydrogen (secondary N) is 1. The summed E-state index contributed by atoms with van der Waals surface area (Å²) in [6.45, 7) is 9.21. The lowest BCUT2D eigenvalue weighted by molar-refractivity contribution is -0.0852. The number of methoxy groups -OCH3 is 1. The predicted octanol–water partition coefficient (Wildman–Crippen LogP) is 2.91. The van der Waals surface area contributed by atoms with Gasteiger partial charge in [0.15, 0.2) is 5.96 Å². The van der Waals surface area contributed by atoms with Gasteiger partial charge in [-0.25, -0.2) is 4.99 Å². The zero-order chi connectivity index (χ0) is 22.9. The van der Waals surface area contributed by atoms with Crippen LogP contribution in [0.3, 0.4) is 0 Å². The van der Waals surface area contributed by atoms with E-state index in [9.17, 15) is 0 Å². The summed E-state index contributed by atoms with van der Waals surface area (Å²) in [4.78, 5) is 14.3. The Morgan fingerprint density at radius 3 is 2.59 bits per heavy atom. The molecule has 4 rings (SSSR count). The van der Waals surface area contributed by atoms with Crippen molar-refractivity contribution >= 4 is 22.9 Å². The molecule has 2 aliphatic rings. The predicted molar refractivity (Wildman–Crippen MR) is 139 cm³/mol. The van der Waals surface area contributed by atoms with E-state index in [0.29, 0.717) is 39.0 Å². The Kier molecular flexibility index (Phi) is 10.6. The highest BCUT2D eigenvalue weighted by molar-refractivity contribution is 8.93. The van der Waals surface area contributed by atoms with Crippen molar-refractivity contribution in [3.05, 3.63) is 59.9 Å². The van der Waals surface area contributed by atoms with Crippen LogP contribution in [0, 0.1) is 0 Å². The van der Waals surface area contributed by atoms with E-state index in [4.69, 9.17) is 19.2 Å². The maximum absolute atomic E-state index is 5.81. The van der Waals surface area contributed by atoms with Crippen LogP contribution < -0.4 is 10.1 Å². The Labute approximate surface area is 213 Å². The van der Waals surface area contributed by atoms with E-state index in [-0.39, 0.29) is 23.1 Å². The molecule has 34 heavy (non-hydrogen) atoms. The first-order chi connectivity index (χ1) is 16.2.